The fourth-order valence-electron chi connectivity index (χ4n) is 15.3. The number of aryl methyl sites for hydroxylation is 1. The van der Waals surface area contributed by atoms with E-state index in [4.69, 9.17) is 0 Å². The van der Waals surface area contributed by atoms with Crippen molar-refractivity contribution in [1.82, 2.24) is 0 Å². The summed E-state index contributed by atoms with van der Waals surface area (Å²) >= 11 is 0. The summed E-state index contributed by atoms with van der Waals surface area (Å²) in [5.74, 6) is 0. The summed E-state index contributed by atoms with van der Waals surface area (Å²) in [4.78, 5) is 5.44. The zero-order valence-electron chi connectivity index (χ0n) is 44.9. The Balaban J connectivity index is 1.28. The van der Waals surface area contributed by atoms with E-state index in [0.717, 1.165) is 19.3 Å². The maximum Gasteiger partial charge on any atom is 0.252 e. The average Bonchev–Trinajstić information content (AvgIpc) is 3.64. The molecule has 3 heteroatoms. The Morgan fingerprint density at radius 2 is 0.882 bits per heavy atom. The van der Waals surface area contributed by atoms with Crippen molar-refractivity contribution >= 4 is 57.2 Å². The zero-order chi connectivity index (χ0) is 48.8. The smallest absolute Gasteiger partial charge is 0.252 e. The lowest BCUT2D eigenvalue weighted by Crippen LogP contribution is -2.62. The van der Waals surface area contributed by atoms with Crippen LogP contribution < -0.4 is 26.2 Å². The predicted molar refractivity (Wildman–Crippen MR) is 294 cm³/mol. The molecule has 350 valence electrons. The molecule has 0 atom stereocenters. The number of fused-ring (bicyclic) bond motifs is 7. The molecule has 3 aliphatic carbocycles. The van der Waals surface area contributed by atoms with Gasteiger partial charge in [0.25, 0.3) is 6.71 Å². The second kappa shape index (κ2) is 13.9. The first-order chi connectivity index (χ1) is 31.4. The predicted octanol–water partition coefficient (Wildman–Crippen LogP) is 15.6. The number of benzene rings is 6. The van der Waals surface area contributed by atoms with Gasteiger partial charge in [-0.3, -0.25) is 0 Å². The molecule has 2 aliphatic heterocycles. The van der Waals surface area contributed by atoms with Gasteiger partial charge in [-0.25, -0.2) is 0 Å². The molecule has 68 heavy (non-hydrogen) atoms. The lowest BCUT2D eigenvalue weighted by atomic mass is 9.33. The summed E-state index contributed by atoms with van der Waals surface area (Å²) in [5.41, 5.74) is 26.6. The van der Waals surface area contributed by atoms with E-state index in [1.165, 1.54) is 106 Å². The molecule has 5 aliphatic rings. The minimum atomic E-state index is -0.210. The molecular weight excluding hydrogens is 820 g/mol. The van der Waals surface area contributed by atoms with Crippen LogP contribution in [0.25, 0.3) is 0 Å². The number of anilines is 6. The molecule has 0 fully saturated rings. The van der Waals surface area contributed by atoms with Crippen molar-refractivity contribution in [3.63, 3.8) is 0 Å². The topological polar surface area (TPSA) is 6.48 Å². The summed E-state index contributed by atoms with van der Waals surface area (Å²) in [6.45, 7) is 44.0. The third-order valence-electron chi connectivity index (χ3n) is 18.2. The third-order valence-corrected chi connectivity index (χ3v) is 18.2. The van der Waals surface area contributed by atoms with Crippen LogP contribution in [0, 0.1) is 6.92 Å². The maximum atomic E-state index is 2.73. The molecule has 0 bridgehead atoms. The van der Waals surface area contributed by atoms with Crippen molar-refractivity contribution in [3.8, 4) is 0 Å². The van der Waals surface area contributed by atoms with Gasteiger partial charge in [0.1, 0.15) is 0 Å². The van der Waals surface area contributed by atoms with E-state index in [1.54, 1.807) is 0 Å². The Kier molecular flexibility index (Phi) is 9.26. The number of hydrogen-bond acceptors (Lipinski definition) is 2. The summed E-state index contributed by atoms with van der Waals surface area (Å²) < 4.78 is 0. The van der Waals surface area contributed by atoms with E-state index in [9.17, 15) is 0 Å². The molecule has 0 spiro atoms. The van der Waals surface area contributed by atoms with Crippen LogP contribution in [-0.2, 0) is 43.3 Å². The molecule has 0 unspecified atom stereocenters. The molecule has 0 saturated heterocycles. The highest BCUT2D eigenvalue weighted by atomic mass is 15.2. The fraction of sp³-hybridized carbons (Fsp3) is 0.446. The second-order valence-electron chi connectivity index (χ2n) is 27.8. The molecule has 6 aromatic carbocycles. The standard InChI is InChI=1S/C65H77BN2/c1-39-28-45-48(63(13,14)37-60(45,7)8)34-53(39)68-52-27-24-41(65(17,18)40-22-20-19-21-23-40)29-50(52)66-51-33-47-49(64(15,16)38-62(47,11)12)35-54(51)67(55-30-42(58(2,3)4)31-56(68)57(55)66)43-25-26-44-46(32-43)61(9,10)36-59(44,5)6/h19-35H,36-38H2,1-18H3. The van der Waals surface area contributed by atoms with Crippen molar-refractivity contribution in [2.45, 2.75) is 187 Å². The number of hydrogen-bond donors (Lipinski definition) is 0. The molecule has 11 rings (SSSR count). The first-order valence-electron chi connectivity index (χ1n) is 25.9. The molecule has 0 saturated carbocycles. The summed E-state index contributed by atoms with van der Waals surface area (Å²) in [5, 5.41) is 0. The van der Waals surface area contributed by atoms with E-state index >= 15 is 0 Å². The molecule has 0 radical (unpaired) electrons. The van der Waals surface area contributed by atoms with Gasteiger partial charge in [0.05, 0.1) is 0 Å². The maximum absolute atomic E-state index is 2.73. The fourth-order valence-corrected chi connectivity index (χ4v) is 15.3. The van der Waals surface area contributed by atoms with Crippen LogP contribution in [0.15, 0.2) is 103 Å². The summed E-state index contributed by atoms with van der Waals surface area (Å²) in [6.07, 6.45) is 3.41. The lowest BCUT2D eigenvalue weighted by Gasteiger charge is -2.46. The Morgan fingerprint density at radius 3 is 1.46 bits per heavy atom. The van der Waals surface area contributed by atoms with Crippen LogP contribution in [-0.4, -0.2) is 6.71 Å². The first kappa shape index (κ1) is 45.4. The van der Waals surface area contributed by atoms with Gasteiger partial charge in [-0.15, -0.1) is 0 Å². The Labute approximate surface area is 411 Å². The Bertz CT molecular complexity index is 3130. The van der Waals surface area contributed by atoms with Crippen LogP contribution in [0.5, 0.6) is 0 Å². The zero-order valence-corrected chi connectivity index (χ0v) is 44.9. The largest absolute Gasteiger partial charge is 0.311 e. The number of nitrogens with zero attached hydrogens (tertiary/aromatic N) is 2. The van der Waals surface area contributed by atoms with Gasteiger partial charge < -0.3 is 9.80 Å². The molecule has 0 amide bonds. The highest BCUT2D eigenvalue weighted by molar-refractivity contribution is 7.00. The van der Waals surface area contributed by atoms with Crippen LogP contribution in [0.2, 0.25) is 0 Å². The van der Waals surface area contributed by atoms with Crippen molar-refractivity contribution < 1.29 is 0 Å². The SMILES string of the molecule is Cc1cc2c(cc1N1c3ccc(C(C)(C)c4ccccc4)cc3B3c4cc5c(cc4N(c4ccc6c(c4)C(C)(C)CC6(C)C)c4cc(C(C)(C)C)cc1c43)C(C)(C)CC5(C)C)C(C)(C)CC2(C)C. The molecule has 2 heterocycles. The summed E-state index contributed by atoms with van der Waals surface area (Å²) in [7, 11) is 0. The highest BCUT2D eigenvalue weighted by Gasteiger charge is 2.50. The van der Waals surface area contributed by atoms with Gasteiger partial charge >= 0.3 is 0 Å². The average molecular weight is 897 g/mol. The first-order valence-corrected chi connectivity index (χ1v) is 25.9. The quantitative estimate of drug-likeness (QED) is 0.162. The van der Waals surface area contributed by atoms with Crippen LogP contribution in [0.3, 0.4) is 0 Å². The van der Waals surface area contributed by atoms with E-state index in [2.05, 4.69) is 238 Å². The van der Waals surface area contributed by atoms with Gasteiger partial charge in [0, 0.05) is 39.5 Å². The molecule has 0 aromatic heterocycles. The van der Waals surface area contributed by atoms with Crippen LogP contribution in [0.4, 0.5) is 34.1 Å². The Morgan fingerprint density at radius 1 is 0.397 bits per heavy atom. The molecule has 6 aromatic rings. The Hall–Kier alpha value is -5.02. The van der Waals surface area contributed by atoms with Gasteiger partial charge in [-0.05, 0) is 179 Å². The van der Waals surface area contributed by atoms with Gasteiger partial charge in [0.2, 0.25) is 0 Å². The summed E-state index contributed by atoms with van der Waals surface area (Å²) in [6, 6.07) is 42.0. The number of rotatable bonds is 4. The lowest BCUT2D eigenvalue weighted by molar-refractivity contribution is 0.402. The minimum absolute atomic E-state index is 0.0257. The normalized spacial score (nSPS) is 20.4. The molecule has 2 nitrogen and oxygen atoms in total. The monoisotopic (exact) mass is 897 g/mol. The van der Waals surface area contributed by atoms with Crippen molar-refractivity contribution in [2.75, 3.05) is 9.80 Å². The highest BCUT2D eigenvalue weighted by Crippen LogP contribution is 2.57. The van der Waals surface area contributed by atoms with Crippen molar-refractivity contribution in [2.24, 2.45) is 0 Å². The van der Waals surface area contributed by atoms with Gasteiger partial charge in [0.15, 0.2) is 0 Å². The second-order valence-corrected chi connectivity index (χ2v) is 27.8. The van der Waals surface area contributed by atoms with Crippen LogP contribution in [0.1, 0.15) is 193 Å². The van der Waals surface area contributed by atoms with E-state index in [1.807, 2.05) is 0 Å². The van der Waals surface area contributed by atoms with E-state index in [0.29, 0.717) is 0 Å². The molecular formula is C65H77BN2. The van der Waals surface area contributed by atoms with Gasteiger partial charge in [-0.1, -0.05) is 178 Å². The van der Waals surface area contributed by atoms with Crippen molar-refractivity contribution in [1.29, 1.82) is 0 Å². The molecule has 0 N–H and O–H groups in total. The van der Waals surface area contributed by atoms with E-state index < -0.39 is 0 Å². The third kappa shape index (κ3) is 6.41. The van der Waals surface area contributed by atoms with Crippen LogP contribution >= 0.6 is 0 Å². The van der Waals surface area contributed by atoms with Gasteiger partial charge in [-0.2, -0.15) is 0 Å². The van der Waals surface area contributed by atoms with E-state index in [-0.39, 0.29) is 50.0 Å². The minimum Gasteiger partial charge on any atom is -0.311 e. The van der Waals surface area contributed by atoms with Crippen molar-refractivity contribution in [3.05, 3.63) is 159 Å².